The summed E-state index contributed by atoms with van der Waals surface area (Å²) in [7, 11) is 4.22. The number of nitrogens with zero attached hydrogens (tertiary/aromatic N) is 2. The van der Waals surface area contributed by atoms with Crippen LogP contribution in [-0.2, 0) is 0 Å². The van der Waals surface area contributed by atoms with Crippen LogP contribution in [0.1, 0.15) is 50.6 Å². The number of hydrogen-bond acceptors (Lipinski definition) is 4. The van der Waals surface area contributed by atoms with Gasteiger partial charge in [-0.3, -0.25) is 0 Å². The van der Waals surface area contributed by atoms with Crippen LogP contribution in [0.5, 0.6) is 5.75 Å². The maximum absolute atomic E-state index is 5.92. The minimum atomic E-state index is 0.424. The molecular formula is C21H37N3O. The van der Waals surface area contributed by atoms with Crippen molar-refractivity contribution in [2.75, 3.05) is 53.4 Å². The molecule has 25 heavy (non-hydrogen) atoms. The number of hydrogen-bond donors (Lipinski definition) is 1. The summed E-state index contributed by atoms with van der Waals surface area (Å²) in [5.41, 5.74) is 1.35. The van der Waals surface area contributed by atoms with E-state index in [4.69, 9.17) is 4.74 Å². The van der Waals surface area contributed by atoms with Gasteiger partial charge >= 0.3 is 0 Å². The Morgan fingerprint density at radius 2 is 1.84 bits per heavy atom. The third-order valence-electron chi connectivity index (χ3n) is 4.98. The fraction of sp³-hybridized carbons (Fsp3) is 0.714. The maximum atomic E-state index is 5.92. The Balaban J connectivity index is 1.68. The number of nitrogens with one attached hydrogen (secondary N) is 1. The summed E-state index contributed by atoms with van der Waals surface area (Å²) in [6.07, 6.45) is 6.35. The predicted molar refractivity (Wildman–Crippen MR) is 106 cm³/mol. The standard InChI is InChI=1S/C21H37N3O/c1-4-21(22-13-17-23(2)3)19-9-11-20(12-10-19)25-18-8-16-24-14-6-5-7-15-24/h9-12,21-22H,4-8,13-18H2,1-3H3. The highest BCUT2D eigenvalue weighted by Gasteiger charge is 2.10. The Hall–Kier alpha value is -1.10. The van der Waals surface area contributed by atoms with Crippen molar-refractivity contribution < 1.29 is 4.74 Å². The van der Waals surface area contributed by atoms with Crippen LogP contribution in [0.4, 0.5) is 0 Å². The molecule has 1 aromatic rings. The summed E-state index contributed by atoms with van der Waals surface area (Å²) >= 11 is 0. The Labute approximate surface area is 154 Å². The van der Waals surface area contributed by atoms with E-state index < -0.39 is 0 Å². The van der Waals surface area contributed by atoms with Crippen molar-refractivity contribution in [2.45, 2.75) is 45.1 Å². The summed E-state index contributed by atoms with van der Waals surface area (Å²) in [6, 6.07) is 9.07. The molecule has 1 saturated heterocycles. The quantitative estimate of drug-likeness (QED) is 0.620. The number of likely N-dealkylation sites (N-methyl/N-ethyl adjacent to an activating group) is 1. The van der Waals surface area contributed by atoms with Gasteiger partial charge in [-0.2, -0.15) is 0 Å². The van der Waals surface area contributed by atoms with E-state index >= 15 is 0 Å². The van der Waals surface area contributed by atoms with E-state index in [1.807, 2.05) is 0 Å². The van der Waals surface area contributed by atoms with Crippen LogP contribution in [0.2, 0.25) is 0 Å². The third kappa shape index (κ3) is 7.76. The van der Waals surface area contributed by atoms with Gasteiger partial charge in [-0.05, 0) is 70.6 Å². The number of likely N-dealkylation sites (tertiary alicyclic amines) is 1. The number of benzene rings is 1. The fourth-order valence-electron chi connectivity index (χ4n) is 3.42. The zero-order chi connectivity index (χ0) is 17.9. The molecule has 1 heterocycles. The lowest BCUT2D eigenvalue weighted by Crippen LogP contribution is -2.31. The SMILES string of the molecule is CCC(NCCN(C)C)c1ccc(OCCCN2CCCCC2)cc1. The number of rotatable bonds is 11. The molecule has 1 fully saturated rings. The van der Waals surface area contributed by atoms with E-state index in [1.165, 1.54) is 44.5 Å². The second-order valence-corrected chi connectivity index (χ2v) is 7.39. The van der Waals surface area contributed by atoms with E-state index in [0.29, 0.717) is 6.04 Å². The van der Waals surface area contributed by atoms with Gasteiger partial charge < -0.3 is 19.9 Å². The first kappa shape index (κ1) is 20.2. The average Bonchev–Trinajstić information content (AvgIpc) is 2.64. The third-order valence-corrected chi connectivity index (χ3v) is 4.98. The van der Waals surface area contributed by atoms with Gasteiger partial charge in [-0.15, -0.1) is 0 Å². The molecule has 4 nitrogen and oxygen atoms in total. The highest BCUT2D eigenvalue weighted by atomic mass is 16.5. The molecule has 1 atom stereocenters. The molecular weight excluding hydrogens is 310 g/mol. The van der Waals surface area contributed by atoms with Gasteiger partial charge in [0.2, 0.25) is 0 Å². The molecule has 0 radical (unpaired) electrons. The van der Waals surface area contributed by atoms with Crippen LogP contribution < -0.4 is 10.1 Å². The summed E-state index contributed by atoms with van der Waals surface area (Å²) in [4.78, 5) is 4.78. The maximum Gasteiger partial charge on any atom is 0.119 e. The van der Waals surface area contributed by atoms with Crippen molar-refractivity contribution in [1.82, 2.24) is 15.1 Å². The second-order valence-electron chi connectivity index (χ2n) is 7.39. The van der Waals surface area contributed by atoms with Gasteiger partial charge in [0.05, 0.1) is 6.61 Å². The minimum absolute atomic E-state index is 0.424. The molecule has 1 aromatic carbocycles. The summed E-state index contributed by atoms with van der Waals surface area (Å²) in [5.74, 6) is 0.991. The van der Waals surface area contributed by atoms with Gasteiger partial charge in [0, 0.05) is 25.7 Å². The van der Waals surface area contributed by atoms with Crippen LogP contribution in [-0.4, -0.2) is 63.2 Å². The molecule has 0 amide bonds. The lowest BCUT2D eigenvalue weighted by atomic mass is 10.0. The summed E-state index contributed by atoms with van der Waals surface area (Å²) < 4.78 is 5.92. The summed E-state index contributed by atoms with van der Waals surface area (Å²) in [6.45, 7) is 8.84. The van der Waals surface area contributed by atoms with E-state index in [0.717, 1.165) is 38.3 Å². The first-order valence-electron chi connectivity index (χ1n) is 10.0. The van der Waals surface area contributed by atoms with Crippen LogP contribution in [0.15, 0.2) is 24.3 Å². The van der Waals surface area contributed by atoms with Crippen molar-refractivity contribution in [3.63, 3.8) is 0 Å². The summed E-state index contributed by atoms with van der Waals surface area (Å²) in [5, 5.41) is 3.64. The number of piperidine rings is 1. The highest BCUT2D eigenvalue weighted by Crippen LogP contribution is 2.20. The van der Waals surface area contributed by atoms with Gasteiger partial charge in [0.15, 0.2) is 0 Å². The Morgan fingerprint density at radius 1 is 1.12 bits per heavy atom. The van der Waals surface area contributed by atoms with Gasteiger partial charge in [0.25, 0.3) is 0 Å². The zero-order valence-electron chi connectivity index (χ0n) is 16.5. The Kier molecular flexibility index (Phi) is 9.30. The Bertz CT molecular complexity index is 455. The molecule has 1 aliphatic rings. The normalized spacial score (nSPS) is 17.0. The molecule has 1 aliphatic heterocycles. The van der Waals surface area contributed by atoms with Crippen molar-refractivity contribution in [3.05, 3.63) is 29.8 Å². The molecule has 142 valence electrons. The zero-order valence-corrected chi connectivity index (χ0v) is 16.5. The first-order chi connectivity index (χ1) is 12.2. The minimum Gasteiger partial charge on any atom is -0.494 e. The Morgan fingerprint density at radius 3 is 2.48 bits per heavy atom. The first-order valence-corrected chi connectivity index (χ1v) is 10.0. The van der Waals surface area contributed by atoms with Gasteiger partial charge in [-0.1, -0.05) is 25.5 Å². The molecule has 1 unspecified atom stereocenters. The van der Waals surface area contributed by atoms with Crippen molar-refractivity contribution in [2.24, 2.45) is 0 Å². The molecule has 0 aromatic heterocycles. The molecule has 1 N–H and O–H groups in total. The average molecular weight is 348 g/mol. The lowest BCUT2D eigenvalue weighted by Gasteiger charge is -2.26. The highest BCUT2D eigenvalue weighted by molar-refractivity contribution is 5.29. The van der Waals surface area contributed by atoms with Crippen molar-refractivity contribution in [1.29, 1.82) is 0 Å². The predicted octanol–water partition coefficient (Wildman–Crippen LogP) is 3.54. The number of ether oxygens (including phenoxy) is 1. The van der Waals surface area contributed by atoms with Crippen molar-refractivity contribution >= 4 is 0 Å². The second kappa shape index (κ2) is 11.5. The fourth-order valence-corrected chi connectivity index (χ4v) is 3.42. The van der Waals surface area contributed by atoms with Gasteiger partial charge in [0.1, 0.15) is 5.75 Å². The van der Waals surface area contributed by atoms with Crippen molar-refractivity contribution in [3.8, 4) is 5.75 Å². The molecule has 0 aliphatic carbocycles. The van der Waals surface area contributed by atoms with E-state index in [2.05, 4.69) is 60.4 Å². The van der Waals surface area contributed by atoms with Gasteiger partial charge in [-0.25, -0.2) is 0 Å². The van der Waals surface area contributed by atoms with E-state index in [9.17, 15) is 0 Å². The smallest absolute Gasteiger partial charge is 0.119 e. The molecule has 2 rings (SSSR count). The monoisotopic (exact) mass is 347 g/mol. The largest absolute Gasteiger partial charge is 0.494 e. The van der Waals surface area contributed by atoms with Crippen LogP contribution in [0.3, 0.4) is 0 Å². The topological polar surface area (TPSA) is 27.7 Å². The van der Waals surface area contributed by atoms with Crippen LogP contribution in [0, 0.1) is 0 Å². The van der Waals surface area contributed by atoms with E-state index in [1.54, 1.807) is 0 Å². The van der Waals surface area contributed by atoms with E-state index in [-0.39, 0.29) is 0 Å². The van der Waals surface area contributed by atoms with Crippen LogP contribution in [0.25, 0.3) is 0 Å². The molecule has 4 heteroatoms. The lowest BCUT2D eigenvalue weighted by molar-refractivity contribution is 0.205. The molecule has 0 bridgehead atoms. The van der Waals surface area contributed by atoms with Crippen LogP contribution >= 0.6 is 0 Å². The molecule has 0 spiro atoms. The molecule has 0 saturated carbocycles.